The van der Waals surface area contributed by atoms with Crippen molar-refractivity contribution >= 4 is 27.4 Å². The highest BCUT2D eigenvalue weighted by Crippen LogP contribution is 2.23. The maximum Gasteiger partial charge on any atom is 0.269 e. The lowest BCUT2D eigenvalue weighted by atomic mass is 10.2. The van der Waals surface area contributed by atoms with Crippen LogP contribution in [-0.4, -0.2) is 14.6 Å². The minimum absolute atomic E-state index is 0.0977. The first-order valence-electron chi connectivity index (χ1n) is 5.81. The second-order valence-electron chi connectivity index (χ2n) is 4.32. The van der Waals surface area contributed by atoms with Crippen molar-refractivity contribution in [2.45, 2.75) is 13.8 Å². The number of aryl methyl sites for hydroxylation is 2. The Labute approximate surface area is 113 Å². The van der Waals surface area contributed by atoms with Crippen LogP contribution < -0.4 is 11.0 Å². The van der Waals surface area contributed by atoms with E-state index in [1.807, 2.05) is 31.4 Å². The highest BCUT2D eigenvalue weighted by Gasteiger charge is 2.07. The molecule has 3 heterocycles. The van der Waals surface area contributed by atoms with Crippen LogP contribution in [0.5, 0.6) is 0 Å². The second kappa shape index (κ2) is 4.47. The topological polar surface area (TPSA) is 59.8 Å². The van der Waals surface area contributed by atoms with Gasteiger partial charge in [0.05, 0.1) is 5.39 Å². The molecule has 0 aromatic carbocycles. The van der Waals surface area contributed by atoms with Crippen LogP contribution in [0, 0.1) is 13.8 Å². The van der Waals surface area contributed by atoms with Crippen molar-refractivity contribution in [2.24, 2.45) is 0 Å². The van der Waals surface area contributed by atoms with E-state index in [1.54, 1.807) is 17.4 Å². The van der Waals surface area contributed by atoms with Crippen LogP contribution in [0.2, 0.25) is 0 Å². The van der Waals surface area contributed by atoms with Gasteiger partial charge in [-0.2, -0.15) is 0 Å². The molecule has 0 fully saturated rings. The lowest BCUT2D eigenvalue weighted by molar-refractivity contribution is 0.842. The molecule has 19 heavy (non-hydrogen) atoms. The van der Waals surface area contributed by atoms with Gasteiger partial charge in [-0.05, 0) is 36.9 Å². The van der Waals surface area contributed by atoms with E-state index in [0.717, 1.165) is 21.5 Å². The molecule has 0 unspecified atom stereocenters. The van der Waals surface area contributed by atoms with Crippen molar-refractivity contribution in [1.82, 2.24) is 14.6 Å². The standard InChI is InChI=1S/C13H12N4OS/c1-8-5-9(2)17(11(18)6-8)16-12-10-3-4-19-13(10)15-7-14-12/h3-7H,1-2H3,(H,14,15,16). The van der Waals surface area contributed by atoms with Gasteiger partial charge in [-0.25, -0.2) is 14.6 Å². The Bertz CT molecular complexity index is 806. The third kappa shape index (κ3) is 2.10. The monoisotopic (exact) mass is 272 g/mol. The third-order valence-corrected chi connectivity index (χ3v) is 3.66. The summed E-state index contributed by atoms with van der Waals surface area (Å²) in [5, 5.41) is 2.87. The molecule has 3 rings (SSSR count). The summed E-state index contributed by atoms with van der Waals surface area (Å²) in [5.41, 5.74) is 4.75. The Balaban J connectivity index is 2.11. The fourth-order valence-corrected chi connectivity index (χ4v) is 2.73. The molecule has 96 valence electrons. The van der Waals surface area contributed by atoms with Gasteiger partial charge in [-0.15, -0.1) is 11.3 Å². The van der Waals surface area contributed by atoms with Gasteiger partial charge in [-0.3, -0.25) is 10.2 Å². The first-order chi connectivity index (χ1) is 9.15. The number of fused-ring (bicyclic) bond motifs is 1. The molecule has 0 aliphatic heterocycles. The Morgan fingerprint density at radius 1 is 1.26 bits per heavy atom. The molecule has 0 saturated carbocycles. The van der Waals surface area contributed by atoms with Gasteiger partial charge in [0.2, 0.25) is 0 Å². The van der Waals surface area contributed by atoms with Gasteiger partial charge in [0.25, 0.3) is 5.56 Å². The highest BCUT2D eigenvalue weighted by molar-refractivity contribution is 7.16. The number of nitrogens with one attached hydrogen (secondary N) is 1. The predicted molar refractivity (Wildman–Crippen MR) is 76.6 cm³/mol. The molecule has 3 aromatic heterocycles. The average Bonchev–Trinajstić information content (AvgIpc) is 2.82. The number of thiophene rings is 1. The number of anilines is 1. The molecule has 3 aromatic rings. The lowest BCUT2D eigenvalue weighted by Gasteiger charge is -2.12. The summed E-state index contributed by atoms with van der Waals surface area (Å²) in [6.07, 6.45) is 1.50. The zero-order valence-corrected chi connectivity index (χ0v) is 11.4. The van der Waals surface area contributed by atoms with Gasteiger partial charge in [0.1, 0.15) is 11.2 Å². The zero-order chi connectivity index (χ0) is 13.4. The molecule has 5 nitrogen and oxygen atoms in total. The Morgan fingerprint density at radius 3 is 2.89 bits per heavy atom. The number of aromatic nitrogens is 3. The first-order valence-corrected chi connectivity index (χ1v) is 6.68. The van der Waals surface area contributed by atoms with E-state index >= 15 is 0 Å². The minimum atomic E-state index is -0.0977. The molecule has 0 saturated heterocycles. The van der Waals surface area contributed by atoms with E-state index in [0.29, 0.717) is 5.82 Å². The summed E-state index contributed by atoms with van der Waals surface area (Å²) in [4.78, 5) is 21.3. The van der Waals surface area contributed by atoms with E-state index in [2.05, 4.69) is 15.4 Å². The highest BCUT2D eigenvalue weighted by atomic mass is 32.1. The number of hydrogen-bond donors (Lipinski definition) is 1. The van der Waals surface area contributed by atoms with Crippen molar-refractivity contribution in [3.63, 3.8) is 0 Å². The normalized spacial score (nSPS) is 10.8. The number of pyridine rings is 1. The molecule has 0 aliphatic carbocycles. The van der Waals surface area contributed by atoms with Gasteiger partial charge < -0.3 is 0 Å². The molecule has 0 spiro atoms. The van der Waals surface area contributed by atoms with Gasteiger partial charge in [-0.1, -0.05) is 0 Å². The molecule has 6 heteroatoms. The number of rotatable bonds is 2. The maximum absolute atomic E-state index is 12.0. The van der Waals surface area contributed by atoms with Crippen molar-refractivity contribution < 1.29 is 0 Å². The Kier molecular flexibility index (Phi) is 2.79. The van der Waals surface area contributed by atoms with Gasteiger partial charge >= 0.3 is 0 Å². The molecule has 0 bridgehead atoms. The maximum atomic E-state index is 12.0. The molecule has 1 N–H and O–H groups in total. The van der Waals surface area contributed by atoms with Gasteiger partial charge in [0, 0.05) is 11.8 Å². The van der Waals surface area contributed by atoms with E-state index in [1.165, 1.54) is 11.0 Å². The van der Waals surface area contributed by atoms with Crippen LogP contribution in [0.4, 0.5) is 5.82 Å². The molecular formula is C13H12N4OS. The summed E-state index contributed by atoms with van der Waals surface area (Å²) in [6, 6.07) is 5.48. The molecule has 0 amide bonds. The predicted octanol–water partition coefficient (Wildman–Crippen LogP) is 2.35. The summed E-state index contributed by atoms with van der Waals surface area (Å²) >= 11 is 1.54. The summed E-state index contributed by atoms with van der Waals surface area (Å²) in [6.45, 7) is 3.79. The van der Waals surface area contributed by atoms with E-state index in [9.17, 15) is 4.79 Å². The van der Waals surface area contributed by atoms with Crippen molar-refractivity contribution in [1.29, 1.82) is 0 Å². The smallest absolute Gasteiger partial charge is 0.269 e. The first kappa shape index (κ1) is 11.9. The fourth-order valence-electron chi connectivity index (χ4n) is 2.00. The quantitative estimate of drug-likeness (QED) is 0.778. The number of hydrogen-bond acceptors (Lipinski definition) is 5. The van der Waals surface area contributed by atoms with E-state index in [4.69, 9.17) is 0 Å². The van der Waals surface area contributed by atoms with Crippen LogP contribution in [0.15, 0.2) is 34.7 Å². The molecule has 0 aliphatic rings. The fraction of sp³-hybridized carbons (Fsp3) is 0.154. The van der Waals surface area contributed by atoms with Crippen molar-refractivity contribution in [2.75, 3.05) is 5.43 Å². The Hall–Kier alpha value is -2.21. The van der Waals surface area contributed by atoms with Crippen LogP contribution in [-0.2, 0) is 0 Å². The molecular weight excluding hydrogens is 260 g/mol. The van der Waals surface area contributed by atoms with Crippen LogP contribution in [0.3, 0.4) is 0 Å². The largest absolute Gasteiger partial charge is 0.274 e. The third-order valence-electron chi connectivity index (χ3n) is 2.84. The van der Waals surface area contributed by atoms with E-state index in [-0.39, 0.29) is 5.56 Å². The molecule has 0 radical (unpaired) electrons. The van der Waals surface area contributed by atoms with Crippen LogP contribution in [0.25, 0.3) is 10.2 Å². The summed E-state index contributed by atoms with van der Waals surface area (Å²) in [7, 11) is 0. The SMILES string of the molecule is Cc1cc(C)n(Nc2ncnc3sccc23)c(=O)c1. The van der Waals surface area contributed by atoms with Crippen molar-refractivity contribution in [3.05, 3.63) is 51.5 Å². The molecule has 0 atom stereocenters. The van der Waals surface area contributed by atoms with Gasteiger partial charge in [0.15, 0.2) is 5.82 Å². The second-order valence-corrected chi connectivity index (χ2v) is 5.22. The minimum Gasteiger partial charge on any atom is -0.274 e. The number of nitrogens with zero attached hydrogens (tertiary/aromatic N) is 3. The van der Waals surface area contributed by atoms with E-state index < -0.39 is 0 Å². The average molecular weight is 272 g/mol. The van der Waals surface area contributed by atoms with Crippen LogP contribution >= 0.6 is 11.3 Å². The Morgan fingerprint density at radius 2 is 2.11 bits per heavy atom. The lowest BCUT2D eigenvalue weighted by Crippen LogP contribution is -2.28. The summed E-state index contributed by atoms with van der Waals surface area (Å²) in [5.74, 6) is 0.639. The van der Waals surface area contributed by atoms with Crippen molar-refractivity contribution in [3.8, 4) is 0 Å². The zero-order valence-electron chi connectivity index (χ0n) is 10.5. The van der Waals surface area contributed by atoms with Crippen LogP contribution in [0.1, 0.15) is 11.3 Å². The summed E-state index contributed by atoms with van der Waals surface area (Å²) < 4.78 is 1.49.